The Hall–Kier alpha value is -4.45. The number of carbonyl (C=O) groups is 4. The van der Waals surface area contributed by atoms with Gasteiger partial charge in [0, 0.05) is 50.7 Å². The van der Waals surface area contributed by atoms with Crippen LogP contribution in [0.5, 0.6) is 5.75 Å². The highest BCUT2D eigenvalue weighted by molar-refractivity contribution is 6.45. The average Bonchev–Trinajstić information content (AvgIpc) is 3.38. The van der Waals surface area contributed by atoms with Gasteiger partial charge in [0.1, 0.15) is 11.6 Å². The number of ether oxygens (including phenoxy) is 2. The van der Waals surface area contributed by atoms with Crippen LogP contribution in [0.1, 0.15) is 46.0 Å². The summed E-state index contributed by atoms with van der Waals surface area (Å²) in [5.41, 5.74) is 1.54. The summed E-state index contributed by atoms with van der Waals surface area (Å²) in [4.78, 5) is 61.1. The van der Waals surface area contributed by atoms with Crippen LogP contribution in [0, 0.1) is 11.7 Å². The minimum atomic E-state index is -0.991. The number of nitrogens with one attached hydrogen (secondary N) is 1. The summed E-state index contributed by atoms with van der Waals surface area (Å²) in [7, 11) is 1.42. The summed E-state index contributed by atoms with van der Waals surface area (Å²) >= 11 is 0. The zero-order valence-corrected chi connectivity index (χ0v) is 24.3. The number of hydrogen-bond donors (Lipinski definition) is 1. The van der Waals surface area contributed by atoms with Crippen LogP contribution < -0.4 is 14.9 Å². The molecule has 2 fully saturated rings. The third kappa shape index (κ3) is 6.64. The van der Waals surface area contributed by atoms with Gasteiger partial charge in [0.05, 0.1) is 36.6 Å². The Morgan fingerprint density at radius 1 is 0.953 bits per heavy atom. The van der Waals surface area contributed by atoms with Crippen molar-refractivity contribution in [2.75, 3.05) is 53.0 Å². The van der Waals surface area contributed by atoms with Crippen molar-refractivity contribution in [2.24, 2.45) is 5.92 Å². The number of carbonyl (C=O) groups excluding carboxylic acids is 4. The minimum absolute atomic E-state index is 0.00228. The zero-order chi connectivity index (χ0) is 30.5. The average molecular weight is 595 g/mol. The molecular formula is C31H35FN4O7. The van der Waals surface area contributed by atoms with Crippen molar-refractivity contribution in [3.8, 4) is 5.75 Å². The van der Waals surface area contributed by atoms with Crippen LogP contribution in [0.3, 0.4) is 0 Å². The fraction of sp³-hybridized carbons (Fsp3) is 0.419. The number of amides is 2. The highest BCUT2D eigenvalue weighted by Gasteiger charge is 2.31. The quantitative estimate of drug-likeness (QED) is 0.240. The highest BCUT2D eigenvalue weighted by Crippen LogP contribution is 2.32. The lowest BCUT2D eigenvalue weighted by atomic mass is 9.90. The molecule has 2 aromatic carbocycles. The summed E-state index contributed by atoms with van der Waals surface area (Å²) in [6.45, 7) is 4.66. The summed E-state index contributed by atoms with van der Waals surface area (Å²) in [5, 5.41) is 3.42. The van der Waals surface area contributed by atoms with Crippen molar-refractivity contribution in [1.29, 1.82) is 0 Å². The molecule has 1 N–H and O–H groups in total. The number of likely N-dealkylation sites (tertiary alicyclic amines) is 1. The van der Waals surface area contributed by atoms with Gasteiger partial charge >= 0.3 is 6.16 Å². The summed E-state index contributed by atoms with van der Waals surface area (Å²) < 4.78 is 24.8. The van der Waals surface area contributed by atoms with Gasteiger partial charge in [-0.1, -0.05) is 12.1 Å². The lowest BCUT2D eigenvalue weighted by Gasteiger charge is -2.32. The van der Waals surface area contributed by atoms with E-state index in [1.807, 2.05) is 0 Å². The van der Waals surface area contributed by atoms with Gasteiger partial charge in [-0.15, -0.1) is 0 Å². The van der Waals surface area contributed by atoms with Gasteiger partial charge in [-0.05, 0) is 55.9 Å². The van der Waals surface area contributed by atoms with E-state index in [-0.39, 0.29) is 46.1 Å². The molecule has 0 aliphatic carbocycles. The topological polar surface area (TPSA) is 119 Å². The molecule has 2 saturated heterocycles. The van der Waals surface area contributed by atoms with Crippen molar-refractivity contribution >= 4 is 34.7 Å². The number of aromatic nitrogens is 1. The molecule has 3 heterocycles. The molecule has 11 nitrogen and oxygen atoms in total. The van der Waals surface area contributed by atoms with Crippen molar-refractivity contribution in [3.05, 3.63) is 65.1 Å². The van der Waals surface area contributed by atoms with Crippen LogP contribution in [0.25, 0.3) is 10.9 Å². The van der Waals surface area contributed by atoms with Gasteiger partial charge in [-0.25, -0.2) is 9.18 Å². The minimum Gasteiger partial charge on any atom is -0.496 e. The predicted octanol–water partition coefficient (Wildman–Crippen LogP) is 3.08. The number of halogens is 1. The molecular weight excluding hydrogens is 559 g/mol. The Labute approximate surface area is 248 Å². The molecule has 2 aliphatic heterocycles. The molecule has 2 amide bonds. The maximum Gasteiger partial charge on any atom is 0.533 e. The van der Waals surface area contributed by atoms with E-state index < -0.39 is 17.8 Å². The predicted molar refractivity (Wildman–Crippen MR) is 155 cm³/mol. The van der Waals surface area contributed by atoms with Crippen LogP contribution in [0.2, 0.25) is 0 Å². The van der Waals surface area contributed by atoms with E-state index in [0.29, 0.717) is 45.2 Å². The normalized spacial score (nSPS) is 15.8. The standard InChI is InChI=1S/C31H35FN4O7/c1-3-42-31(40)43-36-19-25(28(37)30(39)35-14-10-33-11-15-35)23-17-24(27(41-2)18-26(23)36)29(38)34-12-8-21(9-13-34)16-20-4-6-22(32)7-5-20/h4-7,17-19,21,33H,3,8-16H2,1-2H3. The summed E-state index contributed by atoms with van der Waals surface area (Å²) in [5.74, 6) is -1.41. The number of nitrogens with zero attached hydrogens (tertiary/aromatic N) is 3. The molecule has 2 aliphatic rings. The number of rotatable bonds is 8. The first-order chi connectivity index (χ1) is 20.8. The van der Waals surface area contributed by atoms with Crippen molar-refractivity contribution < 1.29 is 37.9 Å². The van der Waals surface area contributed by atoms with Crippen LogP contribution >= 0.6 is 0 Å². The van der Waals surface area contributed by atoms with Crippen molar-refractivity contribution in [2.45, 2.75) is 26.2 Å². The number of piperidine rings is 1. The third-order valence-corrected chi connectivity index (χ3v) is 7.94. The van der Waals surface area contributed by atoms with Crippen LogP contribution in [0.15, 0.2) is 42.6 Å². The molecule has 0 saturated carbocycles. The van der Waals surface area contributed by atoms with Crippen LogP contribution in [0.4, 0.5) is 9.18 Å². The van der Waals surface area contributed by atoms with Crippen molar-refractivity contribution in [1.82, 2.24) is 19.8 Å². The maximum absolute atomic E-state index is 13.8. The molecule has 228 valence electrons. The number of fused-ring (bicyclic) bond motifs is 1. The van der Waals surface area contributed by atoms with Gasteiger partial charge in [0.25, 0.3) is 17.6 Å². The first-order valence-corrected chi connectivity index (χ1v) is 14.4. The van der Waals surface area contributed by atoms with Gasteiger partial charge in [-0.3, -0.25) is 14.4 Å². The molecule has 43 heavy (non-hydrogen) atoms. The molecule has 0 radical (unpaired) electrons. The first kappa shape index (κ1) is 30.0. The molecule has 0 unspecified atom stereocenters. The van der Waals surface area contributed by atoms with Crippen LogP contribution in [-0.2, 0) is 16.0 Å². The maximum atomic E-state index is 13.8. The molecule has 0 bridgehead atoms. The van der Waals surface area contributed by atoms with E-state index in [4.69, 9.17) is 14.3 Å². The summed E-state index contributed by atoms with van der Waals surface area (Å²) in [6.07, 6.45) is 2.63. The molecule has 0 spiro atoms. The van der Waals surface area contributed by atoms with E-state index in [0.717, 1.165) is 29.6 Å². The van der Waals surface area contributed by atoms with Gasteiger partial charge < -0.3 is 29.4 Å². The second-order valence-electron chi connectivity index (χ2n) is 10.7. The number of methoxy groups -OCH3 is 1. The van der Waals surface area contributed by atoms with Crippen LogP contribution in [-0.4, -0.2) is 91.3 Å². The monoisotopic (exact) mass is 594 g/mol. The van der Waals surface area contributed by atoms with Gasteiger partial charge in [0.15, 0.2) is 0 Å². The number of benzene rings is 2. The van der Waals surface area contributed by atoms with Gasteiger partial charge in [-0.2, -0.15) is 4.73 Å². The van der Waals surface area contributed by atoms with E-state index in [2.05, 4.69) is 5.32 Å². The Morgan fingerprint density at radius 2 is 1.65 bits per heavy atom. The smallest absolute Gasteiger partial charge is 0.496 e. The number of ketones is 1. The molecule has 0 atom stereocenters. The number of Topliss-reactive ketones (excluding diaryl/α,β-unsaturated/α-hetero) is 1. The van der Waals surface area contributed by atoms with E-state index in [1.54, 1.807) is 24.0 Å². The second kappa shape index (κ2) is 13.2. The lowest BCUT2D eigenvalue weighted by molar-refractivity contribution is -0.126. The Bertz CT molecular complexity index is 1510. The highest BCUT2D eigenvalue weighted by atomic mass is 19.1. The Balaban J connectivity index is 1.42. The first-order valence-electron chi connectivity index (χ1n) is 14.4. The molecule has 1 aromatic heterocycles. The SMILES string of the molecule is CCOC(=O)On1cc(C(=O)C(=O)N2CCNCC2)c2cc(C(=O)N3CCC(Cc4ccc(F)cc4)CC3)c(OC)cc21. The molecule has 3 aromatic rings. The number of hydrogen-bond acceptors (Lipinski definition) is 8. The Kier molecular flexibility index (Phi) is 9.24. The number of piperazine rings is 1. The molecule has 12 heteroatoms. The fourth-order valence-electron chi connectivity index (χ4n) is 5.63. The van der Waals surface area contributed by atoms with Gasteiger partial charge in [0.2, 0.25) is 0 Å². The molecule has 5 rings (SSSR count). The second-order valence-corrected chi connectivity index (χ2v) is 10.7. The summed E-state index contributed by atoms with van der Waals surface area (Å²) in [6, 6.07) is 9.52. The van der Waals surface area contributed by atoms with E-state index >= 15 is 0 Å². The van der Waals surface area contributed by atoms with Crippen molar-refractivity contribution in [3.63, 3.8) is 0 Å². The Morgan fingerprint density at radius 3 is 2.30 bits per heavy atom. The van der Waals surface area contributed by atoms with E-state index in [9.17, 15) is 23.6 Å². The largest absolute Gasteiger partial charge is 0.533 e. The fourth-order valence-corrected chi connectivity index (χ4v) is 5.63. The zero-order valence-electron chi connectivity index (χ0n) is 24.3. The van der Waals surface area contributed by atoms with E-state index in [1.165, 1.54) is 42.5 Å². The third-order valence-electron chi connectivity index (χ3n) is 7.94. The lowest BCUT2D eigenvalue weighted by Crippen LogP contribution is -2.48.